The summed E-state index contributed by atoms with van der Waals surface area (Å²) in [5, 5.41) is 8.73. The van der Waals surface area contributed by atoms with Gasteiger partial charge in [0.1, 0.15) is 0 Å². The maximum Gasteiger partial charge on any atom is 0.330 e. The van der Waals surface area contributed by atoms with Crippen molar-refractivity contribution in [3.63, 3.8) is 0 Å². The van der Waals surface area contributed by atoms with E-state index in [9.17, 15) is 14.0 Å². The molecule has 0 aromatic carbocycles. The fourth-order valence-electron chi connectivity index (χ4n) is 1.36. The molecule has 1 aliphatic rings. The number of nitrogens with zero attached hydrogens (tertiary/aromatic N) is 1. The summed E-state index contributed by atoms with van der Waals surface area (Å²) < 4.78 is 23.8. The van der Waals surface area contributed by atoms with Gasteiger partial charge >= 0.3 is 5.69 Å². The molecule has 8 heteroatoms. The highest BCUT2D eigenvalue weighted by Gasteiger charge is 2.27. The van der Waals surface area contributed by atoms with Crippen LogP contribution in [0, 0.1) is 5.82 Å². The maximum atomic E-state index is 12.9. The predicted octanol–water partition coefficient (Wildman–Crippen LogP) is -1.46. The summed E-state index contributed by atoms with van der Waals surface area (Å²) in [7, 11) is 0. The smallest absolute Gasteiger partial charge is 0.330 e. The van der Waals surface area contributed by atoms with Gasteiger partial charge in [0.25, 0.3) is 5.56 Å². The van der Waals surface area contributed by atoms with E-state index in [-0.39, 0.29) is 13.2 Å². The SMILES string of the molecule is O=c1[nH]c(=O)n([C@H]2CO[C@H](CO)O2)cc1F. The van der Waals surface area contributed by atoms with Crippen LogP contribution in [0.3, 0.4) is 0 Å². The van der Waals surface area contributed by atoms with Gasteiger partial charge in [-0.25, -0.2) is 4.79 Å². The van der Waals surface area contributed by atoms with Gasteiger partial charge in [-0.1, -0.05) is 0 Å². The Morgan fingerprint density at radius 2 is 2.38 bits per heavy atom. The second-order valence-electron chi connectivity index (χ2n) is 3.18. The molecule has 1 saturated heterocycles. The van der Waals surface area contributed by atoms with Crippen LogP contribution < -0.4 is 11.2 Å². The number of aliphatic hydroxyl groups is 1. The molecular weight excluding hydrogens is 223 g/mol. The number of aliphatic hydroxyl groups excluding tert-OH is 1. The lowest BCUT2D eigenvalue weighted by atomic mass is 10.5. The molecule has 0 amide bonds. The lowest BCUT2D eigenvalue weighted by Gasteiger charge is -2.11. The van der Waals surface area contributed by atoms with Crippen molar-refractivity contribution in [1.29, 1.82) is 0 Å². The standard InChI is InChI=1S/C8H9FN2O5/c9-4-1-11(8(14)10-7(4)13)5-3-15-6(2-12)16-5/h1,5-6,12H,2-3H2,(H,10,13,14)/t5-,6+/m1/s1. The zero-order valence-corrected chi connectivity index (χ0v) is 8.05. The molecule has 0 radical (unpaired) electrons. The summed E-state index contributed by atoms with van der Waals surface area (Å²) >= 11 is 0. The summed E-state index contributed by atoms with van der Waals surface area (Å²) in [4.78, 5) is 23.9. The van der Waals surface area contributed by atoms with E-state index in [2.05, 4.69) is 0 Å². The molecule has 1 aliphatic heterocycles. The zero-order chi connectivity index (χ0) is 11.7. The van der Waals surface area contributed by atoms with Crippen LogP contribution in [0.5, 0.6) is 0 Å². The minimum absolute atomic E-state index is 0.00336. The topological polar surface area (TPSA) is 93.6 Å². The van der Waals surface area contributed by atoms with Crippen LogP contribution in [0.15, 0.2) is 15.8 Å². The Kier molecular flexibility index (Phi) is 2.86. The van der Waals surface area contributed by atoms with E-state index < -0.39 is 29.6 Å². The molecule has 1 fully saturated rings. The molecule has 2 heterocycles. The number of aromatic nitrogens is 2. The number of rotatable bonds is 2. The van der Waals surface area contributed by atoms with Crippen LogP contribution in [0.4, 0.5) is 4.39 Å². The van der Waals surface area contributed by atoms with Crippen molar-refractivity contribution >= 4 is 0 Å². The van der Waals surface area contributed by atoms with Crippen LogP contribution in [0.1, 0.15) is 6.23 Å². The van der Waals surface area contributed by atoms with E-state index in [1.54, 1.807) is 4.98 Å². The van der Waals surface area contributed by atoms with Crippen LogP contribution in [0.2, 0.25) is 0 Å². The van der Waals surface area contributed by atoms with Crippen molar-refractivity contribution in [2.24, 2.45) is 0 Å². The van der Waals surface area contributed by atoms with E-state index in [0.717, 1.165) is 10.8 Å². The van der Waals surface area contributed by atoms with Crippen LogP contribution in [-0.2, 0) is 9.47 Å². The third kappa shape index (κ3) is 1.90. The van der Waals surface area contributed by atoms with Crippen molar-refractivity contribution in [1.82, 2.24) is 9.55 Å². The van der Waals surface area contributed by atoms with Crippen LogP contribution >= 0.6 is 0 Å². The van der Waals surface area contributed by atoms with E-state index >= 15 is 0 Å². The summed E-state index contributed by atoms with van der Waals surface area (Å²) in [6, 6.07) is 0. The van der Waals surface area contributed by atoms with Crippen molar-refractivity contribution in [2.45, 2.75) is 12.5 Å². The first-order valence-electron chi connectivity index (χ1n) is 4.50. The monoisotopic (exact) mass is 232 g/mol. The molecule has 0 saturated carbocycles. The van der Waals surface area contributed by atoms with Gasteiger partial charge in [-0.2, -0.15) is 4.39 Å². The number of H-pyrrole nitrogens is 1. The molecule has 0 bridgehead atoms. The lowest BCUT2D eigenvalue weighted by Crippen LogP contribution is -2.34. The lowest BCUT2D eigenvalue weighted by molar-refractivity contribution is -0.0994. The highest BCUT2D eigenvalue weighted by Crippen LogP contribution is 2.18. The van der Waals surface area contributed by atoms with E-state index in [4.69, 9.17) is 14.6 Å². The highest BCUT2D eigenvalue weighted by molar-refractivity contribution is 4.88. The van der Waals surface area contributed by atoms with Gasteiger partial charge in [0.2, 0.25) is 5.82 Å². The molecule has 0 spiro atoms. The van der Waals surface area contributed by atoms with Gasteiger partial charge in [-0.05, 0) is 0 Å². The minimum Gasteiger partial charge on any atom is -0.391 e. The first-order chi connectivity index (χ1) is 7.61. The third-order valence-corrected chi connectivity index (χ3v) is 2.12. The number of ether oxygens (including phenoxy) is 2. The Morgan fingerprint density at radius 1 is 1.62 bits per heavy atom. The third-order valence-electron chi connectivity index (χ3n) is 2.12. The summed E-state index contributed by atoms with van der Waals surface area (Å²) in [5.41, 5.74) is -1.88. The summed E-state index contributed by atoms with van der Waals surface area (Å²) in [6.45, 7) is -0.367. The zero-order valence-electron chi connectivity index (χ0n) is 8.05. The first-order valence-corrected chi connectivity index (χ1v) is 4.50. The average Bonchev–Trinajstić information content (AvgIpc) is 2.71. The molecule has 1 aromatic rings. The second-order valence-corrected chi connectivity index (χ2v) is 3.18. The van der Waals surface area contributed by atoms with E-state index in [1.807, 2.05) is 0 Å². The normalized spacial score (nSPS) is 24.9. The Morgan fingerprint density at radius 3 is 3.00 bits per heavy atom. The fraction of sp³-hybridized carbons (Fsp3) is 0.500. The summed E-state index contributed by atoms with van der Waals surface area (Å²) in [5.74, 6) is -1.09. The van der Waals surface area contributed by atoms with Gasteiger partial charge < -0.3 is 14.6 Å². The number of hydrogen-bond acceptors (Lipinski definition) is 5. The molecule has 0 aliphatic carbocycles. The molecule has 0 unspecified atom stereocenters. The van der Waals surface area contributed by atoms with Gasteiger partial charge in [-0.3, -0.25) is 14.3 Å². The molecule has 2 rings (SSSR count). The Hall–Kier alpha value is -1.51. The van der Waals surface area contributed by atoms with Crippen LogP contribution in [0.25, 0.3) is 0 Å². The Bertz CT molecular complexity index is 496. The van der Waals surface area contributed by atoms with Crippen LogP contribution in [-0.4, -0.2) is 34.2 Å². The Labute approximate surface area is 88.0 Å². The van der Waals surface area contributed by atoms with Crippen molar-refractivity contribution in [3.8, 4) is 0 Å². The summed E-state index contributed by atoms with van der Waals surface area (Å²) in [6.07, 6.45) is -0.947. The Balaban J connectivity index is 2.32. The molecule has 2 atom stereocenters. The van der Waals surface area contributed by atoms with Crippen molar-refractivity contribution in [3.05, 3.63) is 32.9 Å². The van der Waals surface area contributed by atoms with Crippen molar-refractivity contribution in [2.75, 3.05) is 13.2 Å². The number of nitrogens with one attached hydrogen (secondary N) is 1. The predicted molar refractivity (Wildman–Crippen MR) is 48.2 cm³/mol. The molecule has 88 valence electrons. The number of hydrogen-bond donors (Lipinski definition) is 2. The van der Waals surface area contributed by atoms with Gasteiger partial charge in [-0.15, -0.1) is 0 Å². The van der Waals surface area contributed by atoms with Crippen molar-refractivity contribution < 1.29 is 19.0 Å². The quantitative estimate of drug-likeness (QED) is 0.650. The number of halogens is 1. The number of aromatic amines is 1. The van der Waals surface area contributed by atoms with Gasteiger partial charge in [0, 0.05) is 0 Å². The first kappa shape index (κ1) is 11.0. The largest absolute Gasteiger partial charge is 0.391 e. The highest BCUT2D eigenvalue weighted by atomic mass is 19.1. The molecule has 2 N–H and O–H groups in total. The van der Waals surface area contributed by atoms with Gasteiger partial charge in [0.05, 0.1) is 19.4 Å². The second kappa shape index (κ2) is 4.16. The molecule has 16 heavy (non-hydrogen) atoms. The average molecular weight is 232 g/mol. The van der Waals surface area contributed by atoms with E-state index in [0.29, 0.717) is 0 Å². The van der Waals surface area contributed by atoms with Gasteiger partial charge in [0.15, 0.2) is 12.5 Å². The fourth-order valence-corrected chi connectivity index (χ4v) is 1.36. The molecule has 7 nitrogen and oxygen atoms in total. The minimum atomic E-state index is -1.09. The maximum absolute atomic E-state index is 12.9. The molecule has 1 aromatic heterocycles. The van der Waals surface area contributed by atoms with E-state index in [1.165, 1.54) is 0 Å². The molecular formula is C8H9FN2O5.